The average Bonchev–Trinajstić information content (AvgIpc) is 3.02. The molecule has 7 heteroatoms. The monoisotopic (exact) mass is 333 g/mol. The van der Waals surface area contributed by atoms with E-state index in [1.165, 1.54) is 0 Å². The Morgan fingerprint density at radius 1 is 1.38 bits per heavy atom. The average molecular weight is 334 g/mol. The Morgan fingerprint density at radius 3 is 2.48 bits per heavy atom. The Kier molecular flexibility index (Phi) is 5.03. The number of halogens is 1. The molecule has 1 aliphatic rings. The molecule has 0 spiro atoms. The van der Waals surface area contributed by atoms with E-state index in [0.717, 1.165) is 5.69 Å². The van der Waals surface area contributed by atoms with E-state index in [0.29, 0.717) is 36.3 Å². The quantitative estimate of drug-likeness (QED) is 0.772. The molecule has 5 nitrogen and oxygen atoms in total. The molecule has 0 radical (unpaired) electrons. The van der Waals surface area contributed by atoms with Crippen LogP contribution in [0, 0.1) is 5.92 Å². The first kappa shape index (κ1) is 16.8. The van der Waals surface area contributed by atoms with Gasteiger partial charge in [0, 0.05) is 37.6 Å². The van der Waals surface area contributed by atoms with Gasteiger partial charge in [0.05, 0.1) is 5.88 Å². The number of hydrogen-bond donors (Lipinski definition) is 0. The van der Waals surface area contributed by atoms with E-state index in [1.54, 1.807) is 16.6 Å². The van der Waals surface area contributed by atoms with Gasteiger partial charge < -0.3 is 9.47 Å². The lowest BCUT2D eigenvalue weighted by Crippen LogP contribution is -2.35. The zero-order chi connectivity index (χ0) is 15.8. The van der Waals surface area contributed by atoms with Crippen LogP contribution >= 0.6 is 11.6 Å². The second kappa shape index (κ2) is 6.28. The number of aromatic nitrogens is 1. The topological polar surface area (TPSA) is 45.6 Å². The lowest BCUT2D eigenvalue weighted by molar-refractivity contribution is 0.263. The highest BCUT2D eigenvalue weighted by molar-refractivity contribution is 7.89. The third-order valence-electron chi connectivity index (χ3n) is 4.28. The van der Waals surface area contributed by atoms with Gasteiger partial charge in [0.1, 0.15) is 4.90 Å². The van der Waals surface area contributed by atoms with Gasteiger partial charge in [-0.15, -0.1) is 11.6 Å². The first-order chi connectivity index (χ1) is 9.81. The predicted octanol–water partition coefficient (Wildman–Crippen LogP) is 1.82. The van der Waals surface area contributed by atoms with E-state index in [1.807, 2.05) is 25.6 Å². The minimum atomic E-state index is -3.43. The summed E-state index contributed by atoms with van der Waals surface area (Å²) >= 11 is 5.89. The number of nitrogens with zero attached hydrogens (tertiary/aromatic N) is 3. The van der Waals surface area contributed by atoms with Crippen molar-refractivity contribution in [3.05, 3.63) is 18.0 Å². The van der Waals surface area contributed by atoms with Crippen LogP contribution in [0.1, 0.15) is 19.5 Å². The van der Waals surface area contributed by atoms with Crippen molar-refractivity contribution in [2.75, 3.05) is 27.2 Å². The molecule has 0 bridgehead atoms. The van der Waals surface area contributed by atoms with Crippen molar-refractivity contribution in [1.82, 2.24) is 13.8 Å². The van der Waals surface area contributed by atoms with Crippen LogP contribution < -0.4 is 0 Å². The highest BCUT2D eigenvalue weighted by Gasteiger charge is 2.38. The van der Waals surface area contributed by atoms with E-state index in [9.17, 15) is 8.42 Å². The summed E-state index contributed by atoms with van der Waals surface area (Å²) in [6.07, 6.45) is 1.70. The standard InChI is InChI=1S/C14H24ClN3O2S/c1-5-17-9-13(6-12(17)7-15)21(19,20)18-8-11(2)14(10-18)16(3)4/h6,9,11,14H,5,7-8,10H2,1-4H3. The van der Waals surface area contributed by atoms with Crippen molar-refractivity contribution in [3.63, 3.8) is 0 Å². The number of rotatable bonds is 5. The summed E-state index contributed by atoms with van der Waals surface area (Å²) in [6.45, 7) is 5.91. The van der Waals surface area contributed by atoms with E-state index in [4.69, 9.17) is 11.6 Å². The molecule has 0 aromatic carbocycles. The van der Waals surface area contributed by atoms with Crippen molar-refractivity contribution >= 4 is 21.6 Å². The second-order valence-corrected chi connectivity index (χ2v) is 8.12. The highest BCUT2D eigenvalue weighted by Crippen LogP contribution is 2.27. The van der Waals surface area contributed by atoms with Gasteiger partial charge in [-0.25, -0.2) is 8.42 Å². The fourth-order valence-electron chi connectivity index (χ4n) is 3.00. The fraction of sp³-hybridized carbons (Fsp3) is 0.714. The van der Waals surface area contributed by atoms with Gasteiger partial charge in [0.2, 0.25) is 10.0 Å². The van der Waals surface area contributed by atoms with Crippen LogP contribution in [-0.4, -0.2) is 55.4 Å². The minimum Gasteiger partial charge on any atom is -0.349 e. The summed E-state index contributed by atoms with van der Waals surface area (Å²) in [7, 11) is 0.560. The fourth-order valence-corrected chi connectivity index (χ4v) is 4.85. The Balaban J connectivity index is 2.29. The van der Waals surface area contributed by atoms with Crippen molar-refractivity contribution in [3.8, 4) is 0 Å². The van der Waals surface area contributed by atoms with Crippen LogP contribution in [0.25, 0.3) is 0 Å². The number of hydrogen-bond acceptors (Lipinski definition) is 3. The number of likely N-dealkylation sites (N-methyl/N-ethyl adjacent to an activating group) is 1. The summed E-state index contributed by atoms with van der Waals surface area (Å²) in [5, 5.41) is 0. The lowest BCUT2D eigenvalue weighted by Gasteiger charge is -2.22. The molecular weight excluding hydrogens is 310 g/mol. The van der Waals surface area contributed by atoms with E-state index in [2.05, 4.69) is 11.8 Å². The zero-order valence-electron chi connectivity index (χ0n) is 13.1. The maximum absolute atomic E-state index is 12.8. The van der Waals surface area contributed by atoms with E-state index in [-0.39, 0.29) is 6.04 Å². The van der Waals surface area contributed by atoms with Gasteiger partial charge in [-0.05, 0) is 33.0 Å². The molecule has 120 valence electrons. The minimum absolute atomic E-state index is 0.264. The molecule has 0 amide bonds. The number of alkyl halides is 1. The van der Waals surface area contributed by atoms with Gasteiger partial charge in [0.25, 0.3) is 0 Å². The van der Waals surface area contributed by atoms with Crippen molar-refractivity contribution < 1.29 is 8.42 Å². The molecule has 1 saturated heterocycles. The van der Waals surface area contributed by atoms with Gasteiger partial charge in [-0.2, -0.15) is 4.31 Å². The number of sulfonamides is 1. The van der Waals surface area contributed by atoms with Crippen molar-refractivity contribution in [2.45, 2.75) is 37.2 Å². The molecule has 2 rings (SSSR count). The molecule has 0 N–H and O–H groups in total. The molecule has 1 aromatic heterocycles. The predicted molar refractivity (Wildman–Crippen MR) is 85.1 cm³/mol. The van der Waals surface area contributed by atoms with Crippen LogP contribution in [0.5, 0.6) is 0 Å². The first-order valence-corrected chi connectivity index (χ1v) is 9.20. The Bertz CT molecular complexity index is 576. The molecular formula is C14H24ClN3O2S. The number of aryl methyl sites for hydroxylation is 1. The van der Waals surface area contributed by atoms with Crippen LogP contribution in [-0.2, 0) is 22.4 Å². The lowest BCUT2D eigenvalue weighted by atomic mass is 10.1. The Morgan fingerprint density at radius 2 is 2.05 bits per heavy atom. The molecule has 1 fully saturated rings. The van der Waals surface area contributed by atoms with Gasteiger partial charge in [-0.1, -0.05) is 6.92 Å². The van der Waals surface area contributed by atoms with Gasteiger partial charge >= 0.3 is 0 Å². The summed E-state index contributed by atoms with van der Waals surface area (Å²) in [4.78, 5) is 2.45. The first-order valence-electron chi connectivity index (χ1n) is 7.22. The van der Waals surface area contributed by atoms with Crippen LogP contribution in [0.2, 0.25) is 0 Å². The van der Waals surface area contributed by atoms with Crippen LogP contribution in [0.3, 0.4) is 0 Å². The SMILES string of the molecule is CCn1cc(S(=O)(=O)N2CC(C)C(N(C)C)C2)cc1CCl. The molecule has 2 heterocycles. The maximum atomic E-state index is 12.8. The summed E-state index contributed by atoms with van der Waals surface area (Å²) < 4.78 is 29.1. The normalized spacial score (nSPS) is 24.1. The van der Waals surface area contributed by atoms with Gasteiger partial charge in [0.15, 0.2) is 0 Å². The van der Waals surface area contributed by atoms with Crippen molar-refractivity contribution in [2.24, 2.45) is 5.92 Å². The molecule has 1 aromatic rings. The maximum Gasteiger partial charge on any atom is 0.244 e. The zero-order valence-corrected chi connectivity index (χ0v) is 14.7. The molecule has 2 unspecified atom stereocenters. The molecule has 0 saturated carbocycles. The third kappa shape index (κ3) is 3.13. The van der Waals surface area contributed by atoms with Crippen LogP contribution in [0.4, 0.5) is 0 Å². The second-order valence-electron chi connectivity index (χ2n) is 5.92. The summed E-state index contributed by atoms with van der Waals surface area (Å²) in [5.41, 5.74) is 0.842. The molecule has 1 aliphatic heterocycles. The van der Waals surface area contributed by atoms with Gasteiger partial charge in [-0.3, -0.25) is 0 Å². The van der Waals surface area contributed by atoms with Crippen LogP contribution in [0.15, 0.2) is 17.2 Å². The Hall–Kier alpha value is -0.560. The largest absolute Gasteiger partial charge is 0.349 e. The molecule has 21 heavy (non-hydrogen) atoms. The third-order valence-corrected chi connectivity index (χ3v) is 6.35. The van der Waals surface area contributed by atoms with E-state index < -0.39 is 10.0 Å². The summed E-state index contributed by atoms with van der Waals surface area (Å²) in [5.74, 6) is 0.649. The molecule has 2 atom stereocenters. The van der Waals surface area contributed by atoms with E-state index >= 15 is 0 Å². The summed E-state index contributed by atoms with van der Waals surface area (Å²) in [6, 6.07) is 1.96. The van der Waals surface area contributed by atoms with Crippen molar-refractivity contribution in [1.29, 1.82) is 0 Å². The smallest absolute Gasteiger partial charge is 0.244 e. The molecule has 0 aliphatic carbocycles. The highest BCUT2D eigenvalue weighted by atomic mass is 35.5. The Labute approximate surface area is 132 Å².